The van der Waals surface area contributed by atoms with Gasteiger partial charge in [0.2, 0.25) is 0 Å². The largest absolute Gasteiger partial charge is 0.462 e. The fourth-order valence-corrected chi connectivity index (χ4v) is 3.37. The summed E-state index contributed by atoms with van der Waals surface area (Å²) in [6, 6.07) is 5.11. The molecule has 0 bridgehead atoms. The Morgan fingerprint density at radius 2 is 1.70 bits per heavy atom. The average Bonchev–Trinajstić information content (AvgIpc) is 2.95. The Hall–Kier alpha value is -2.75. The highest BCUT2D eigenvalue weighted by molar-refractivity contribution is 9.09. The molecule has 0 aromatic heterocycles. The molecular formula is C17H16BrNO8. The lowest BCUT2D eigenvalue weighted by Crippen LogP contribution is -2.35. The summed E-state index contributed by atoms with van der Waals surface area (Å²) in [6.45, 7) is 3.12. The first-order chi connectivity index (χ1) is 12.8. The van der Waals surface area contributed by atoms with Crippen molar-refractivity contribution >= 4 is 39.5 Å². The molecule has 27 heavy (non-hydrogen) atoms. The summed E-state index contributed by atoms with van der Waals surface area (Å²) >= 11 is 3.22. The van der Waals surface area contributed by atoms with Crippen molar-refractivity contribution in [2.45, 2.75) is 19.4 Å². The summed E-state index contributed by atoms with van der Waals surface area (Å²) in [5, 5.41) is 10.8. The molecule has 0 amide bonds. The molecule has 1 aromatic carbocycles. The van der Waals surface area contributed by atoms with Crippen LogP contribution in [0.15, 0.2) is 35.4 Å². The number of cyclic esters (lactones) is 1. The van der Waals surface area contributed by atoms with Crippen molar-refractivity contribution in [1.82, 2.24) is 0 Å². The minimum atomic E-state index is -1.68. The highest BCUT2D eigenvalue weighted by atomic mass is 79.9. The summed E-state index contributed by atoms with van der Waals surface area (Å²) in [7, 11) is 0. The first kappa shape index (κ1) is 20.6. The standard InChI is InChI=1S/C17H16BrNO8/c1-3-25-14(20)12-13(16(22)26-4-2)17(9-18,27-15(12)21)10-5-7-11(8-6-10)19(23)24/h5-8H,3-4,9H2,1-2H3. The molecule has 9 nitrogen and oxygen atoms in total. The van der Waals surface area contributed by atoms with Gasteiger partial charge < -0.3 is 14.2 Å². The van der Waals surface area contributed by atoms with E-state index < -0.39 is 34.0 Å². The molecule has 1 atom stereocenters. The zero-order chi connectivity index (χ0) is 20.2. The number of non-ortho nitro benzene ring substituents is 1. The maximum absolute atomic E-state index is 12.6. The van der Waals surface area contributed by atoms with E-state index in [0.717, 1.165) is 0 Å². The number of alkyl halides is 1. The van der Waals surface area contributed by atoms with Gasteiger partial charge in [0, 0.05) is 17.7 Å². The van der Waals surface area contributed by atoms with Crippen molar-refractivity contribution in [1.29, 1.82) is 0 Å². The van der Waals surface area contributed by atoms with Gasteiger partial charge >= 0.3 is 17.9 Å². The molecule has 0 fully saturated rings. The van der Waals surface area contributed by atoms with Gasteiger partial charge in [0.05, 0.1) is 23.5 Å². The Kier molecular flexibility index (Phi) is 6.32. The number of hydrogen-bond donors (Lipinski definition) is 0. The van der Waals surface area contributed by atoms with Gasteiger partial charge in [-0.15, -0.1) is 0 Å². The van der Waals surface area contributed by atoms with Crippen molar-refractivity contribution in [2.75, 3.05) is 18.5 Å². The Balaban J connectivity index is 2.68. The van der Waals surface area contributed by atoms with Crippen LogP contribution in [-0.4, -0.2) is 41.4 Å². The van der Waals surface area contributed by atoms with Crippen molar-refractivity contribution < 1.29 is 33.5 Å². The number of nitrogens with zero attached hydrogens (tertiary/aromatic N) is 1. The molecule has 10 heteroatoms. The van der Waals surface area contributed by atoms with Crippen LogP contribution in [0.1, 0.15) is 19.4 Å². The van der Waals surface area contributed by atoms with Crippen LogP contribution >= 0.6 is 15.9 Å². The predicted molar refractivity (Wildman–Crippen MR) is 95.0 cm³/mol. The second-order valence-electron chi connectivity index (χ2n) is 5.35. The third-order valence-electron chi connectivity index (χ3n) is 3.82. The number of carbonyl (C=O) groups is 3. The van der Waals surface area contributed by atoms with Crippen LogP contribution in [0.25, 0.3) is 0 Å². The number of esters is 3. The molecule has 1 aliphatic heterocycles. The predicted octanol–water partition coefficient (Wildman–Crippen LogP) is 2.16. The molecule has 144 valence electrons. The van der Waals surface area contributed by atoms with Gasteiger partial charge in [0.1, 0.15) is 5.57 Å². The Morgan fingerprint density at radius 3 is 2.19 bits per heavy atom. The number of benzene rings is 1. The first-order valence-corrected chi connectivity index (χ1v) is 9.07. The topological polar surface area (TPSA) is 122 Å². The van der Waals surface area contributed by atoms with Crippen LogP contribution in [0.4, 0.5) is 5.69 Å². The van der Waals surface area contributed by atoms with E-state index in [0.29, 0.717) is 0 Å². The first-order valence-electron chi connectivity index (χ1n) is 7.95. The summed E-state index contributed by atoms with van der Waals surface area (Å²) in [6.07, 6.45) is 0. The highest BCUT2D eigenvalue weighted by Crippen LogP contribution is 2.44. The molecule has 1 heterocycles. The molecular weight excluding hydrogens is 426 g/mol. The lowest BCUT2D eigenvalue weighted by Gasteiger charge is -2.28. The van der Waals surface area contributed by atoms with E-state index in [9.17, 15) is 24.5 Å². The Morgan fingerprint density at radius 1 is 1.15 bits per heavy atom. The van der Waals surface area contributed by atoms with Crippen LogP contribution in [0, 0.1) is 10.1 Å². The molecule has 0 radical (unpaired) electrons. The maximum Gasteiger partial charge on any atom is 0.347 e. The lowest BCUT2D eigenvalue weighted by atomic mass is 9.86. The highest BCUT2D eigenvalue weighted by Gasteiger charge is 2.54. The summed E-state index contributed by atoms with van der Waals surface area (Å²) < 4.78 is 15.3. The molecule has 0 aliphatic carbocycles. The van der Waals surface area contributed by atoms with Gasteiger partial charge in [-0.05, 0) is 26.0 Å². The third kappa shape index (κ3) is 3.70. The molecule has 0 saturated carbocycles. The van der Waals surface area contributed by atoms with Crippen LogP contribution in [0.5, 0.6) is 0 Å². The van der Waals surface area contributed by atoms with Crippen molar-refractivity contribution in [3.8, 4) is 0 Å². The molecule has 2 rings (SSSR count). The van der Waals surface area contributed by atoms with E-state index in [1.165, 1.54) is 24.3 Å². The van der Waals surface area contributed by atoms with Gasteiger partial charge in [-0.3, -0.25) is 10.1 Å². The molecule has 0 saturated heterocycles. The fraction of sp³-hybridized carbons (Fsp3) is 0.353. The molecule has 1 aliphatic rings. The molecule has 0 N–H and O–H groups in total. The Bertz CT molecular complexity index is 817. The number of halogens is 1. The summed E-state index contributed by atoms with van der Waals surface area (Å²) in [5.74, 6) is -2.95. The molecule has 0 spiro atoms. The van der Waals surface area contributed by atoms with Gasteiger partial charge in [-0.25, -0.2) is 14.4 Å². The van der Waals surface area contributed by atoms with Crippen molar-refractivity contribution in [2.24, 2.45) is 0 Å². The monoisotopic (exact) mass is 441 g/mol. The van der Waals surface area contributed by atoms with E-state index in [1.54, 1.807) is 13.8 Å². The van der Waals surface area contributed by atoms with Crippen LogP contribution in [0.3, 0.4) is 0 Å². The van der Waals surface area contributed by atoms with Gasteiger partial charge in [-0.1, -0.05) is 15.9 Å². The number of ether oxygens (including phenoxy) is 3. The van der Waals surface area contributed by atoms with Crippen LogP contribution in [0.2, 0.25) is 0 Å². The van der Waals surface area contributed by atoms with Crippen LogP contribution < -0.4 is 0 Å². The minimum absolute atomic E-state index is 0.00521. The van der Waals surface area contributed by atoms with E-state index >= 15 is 0 Å². The van der Waals surface area contributed by atoms with Gasteiger partial charge in [-0.2, -0.15) is 0 Å². The number of nitro groups is 1. The van der Waals surface area contributed by atoms with Crippen molar-refractivity contribution in [3.63, 3.8) is 0 Å². The smallest absolute Gasteiger partial charge is 0.347 e. The van der Waals surface area contributed by atoms with E-state index in [4.69, 9.17) is 14.2 Å². The fourth-order valence-electron chi connectivity index (χ4n) is 2.65. The number of nitro benzene ring substituents is 1. The van der Waals surface area contributed by atoms with Crippen molar-refractivity contribution in [3.05, 3.63) is 51.1 Å². The normalized spacial score (nSPS) is 18.9. The summed E-state index contributed by atoms with van der Waals surface area (Å²) in [5.41, 5.74) is -2.45. The maximum atomic E-state index is 12.6. The van der Waals surface area contributed by atoms with Gasteiger partial charge in [0.25, 0.3) is 5.69 Å². The number of hydrogen-bond acceptors (Lipinski definition) is 8. The minimum Gasteiger partial charge on any atom is -0.462 e. The SMILES string of the molecule is CCOC(=O)C1=C(C(=O)OCC)C(CBr)(c2ccc([N+](=O)[O-])cc2)OC1=O. The lowest BCUT2D eigenvalue weighted by molar-refractivity contribution is -0.384. The number of carbonyl (C=O) groups excluding carboxylic acids is 3. The quantitative estimate of drug-likeness (QED) is 0.157. The summed E-state index contributed by atoms with van der Waals surface area (Å²) in [4.78, 5) is 47.5. The van der Waals surface area contributed by atoms with E-state index in [2.05, 4.69) is 15.9 Å². The average molecular weight is 442 g/mol. The van der Waals surface area contributed by atoms with Crippen LogP contribution in [-0.2, 0) is 34.2 Å². The second kappa shape index (κ2) is 8.30. The zero-order valence-corrected chi connectivity index (χ0v) is 16.1. The van der Waals surface area contributed by atoms with Gasteiger partial charge in [0.15, 0.2) is 11.2 Å². The Labute approximate surface area is 162 Å². The van der Waals surface area contributed by atoms with E-state index in [1.807, 2.05) is 0 Å². The molecule has 1 aromatic rings. The van der Waals surface area contributed by atoms with E-state index in [-0.39, 0.29) is 35.4 Å². The zero-order valence-electron chi connectivity index (χ0n) is 14.5. The molecule has 1 unspecified atom stereocenters. The number of rotatable bonds is 7. The second-order valence-corrected chi connectivity index (χ2v) is 5.91. The third-order valence-corrected chi connectivity index (χ3v) is 4.61.